The van der Waals surface area contributed by atoms with Crippen molar-refractivity contribution in [2.45, 2.75) is 18.7 Å². The number of hydrogen-bond acceptors (Lipinski definition) is 2. The average molecular weight is 333 g/mol. The van der Waals surface area contributed by atoms with Gasteiger partial charge in [-0.05, 0) is 36.5 Å². The molecule has 18 heavy (non-hydrogen) atoms. The highest BCUT2D eigenvalue weighted by Crippen LogP contribution is 2.27. The van der Waals surface area contributed by atoms with E-state index in [4.69, 9.17) is 16.3 Å². The lowest BCUT2D eigenvalue weighted by Gasteiger charge is -2.29. The zero-order valence-electron chi connectivity index (χ0n) is 10.7. The number of rotatable bonds is 4. The van der Waals surface area contributed by atoms with E-state index >= 15 is 0 Å². The van der Waals surface area contributed by atoms with Crippen LogP contribution in [0.4, 0.5) is 5.69 Å². The second-order valence-electron chi connectivity index (χ2n) is 4.87. The maximum atomic E-state index is 6.00. The Balaban J connectivity index is 2.07. The third-order valence-corrected chi connectivity index (χ3v) is 4.17. The van der Waals surface area contributed by atoms with Gasteiger partial charge in [0.05, 0.1) is 6.61 Å². The van der Waals surface area contributed by atoms with E-state index in [1.165, 1.54) is 24.1 Å². The summed E-state index contributed by atoms with van der Waals surface area (Å²) < 4.78 is 6.63. The van der Waals surface area contributed by atoms with Crippen molar-refractivity contribution in [2.24, 2.45) is 5.92 Å². The molecule has 1 heterocycles. The van der Waals surface area contributed by atoms with Crippen LogP contribution >= 0.6 is 27.5 Å². The van der Waals surface area contributed by atoms with E-state index in [0.717, 1.165) is 24.2 Å². The Hall–Kier alpha value is -0.250. The van der Waals surface area contributed by atoms with Crippen LogP contribution in [0, 0.1) is 5.92 Å². The molecular formula is C14H19BrClNO. The Morgan fingerprint density at radius 1 is 1.50 bits per heavy atom. The fourth-order valence-electron chi connectivity index (χ4n) is 2.44. The third kappa shape index (κ3) is 3.62. The van der Waals surface area contributed by atoms with E-state index in [1.807, 2.05) is 6.07 Å². The van der Waals surface area contributed by atoms with Crippen LogP contribution in [0.2, 0.25) is 0 Å². The van der Waals surface area contributed by atoms with Crippen LogP contribution in [0.3, 0.4) is 0 Å². The predicted molar refractivity (Wildman–Crippen MR) is 80.5 cm³/mol. The Bertz CT molecular complexity index is 393. The van der Waals surface area contributed by atoms with E-state index in [0.29, 0.717) is 11.8 Å². The van der Waals surface area contributed by atoms with Crippen molar-refractivity contribution in [2.75, 3.05) is 31.7 Å². The number of ether oxygens (including phenoxy) is 1. The number of anilines is 1. The van der Waals surface area contributed by atoms with Crippen molar-refractivity contribution in [1.82, 2.24) is 0 Å². The number of benzene rings is 1. The first-order chi connectivity index (χ1) is 8.70. The smallest absolute Gasteiger partial charge is 0.0511 e. The number of nitrogens with zero attached hydrogens (tertiary/aromatic N) is 1. The zero-order chi connectivity index (χ0) is 13.0. The van der Waals surface area contributed by atoms with Gasteiger partial charge in [0.15, 0.2) is 0 Å². The number of halogens is 2. The summed E-state index contributed by atoms with van der Waals surface area (Å²) in [6.07, 6.45) is 2.44. The van der Waals surface area contributed by atoms with E-state index in [2.05, 4.69) is 40.0 Å². The number of hydrogen-bond donors (Lipinski definition) is 0. The lowest BCUT2D eigenvalue weighted by atomic mass is 10.0. The van der Waals surface area contributed by atoms with E-state index in [-0.39, 0.29) is 0 Å². The van der Waals surface area contributed by atoms with Gasteiger partial charge in [0.2, 0.25) is 0 Å². The van der Waals surface area contributed by atoms with Gasteiger partial charge >= 0.3 is 0 Å². The van der Waals surface area contributed by atoms with Crippen molar-refractivity contribution in [3.05, 3.63) is 28.2 Å². The van der Waals surface area contributed by atoms with E-state index in [9.17, 15) is 0 Å². The molecule has 4 heteroatoms. The molecule has 100 valence electrons. The summed E-state index contributed by atoms with van der Waals surface area (Å²) in [4.78, 5) is 2.29. The second kappa shape index (κ2) is 6.78. The van der Waals surface area contributed by atoms with Gasteiger partial charge in [-0.2, -0.15) is 0 Å². The average Bonchev–Trinajstić information content (AvgIpc) is 2.40. The molecule has 0 bridgehead atoms. The summed E-state index contributed by atoms with van der Waals surface area (Å²) in [5, 5.41) is 0. The molecule has 2 nitrogen and oxygen atoms in total. The van der Waals surface area contributed by atoms with Crippen molar-refractivity contribution in [3.8, 4) is 0 Å². The van der Waals surface area contributed by atoms with Crippen molar-refractivity contribution >= 4 is 33.2 Å². The molecule has 0 aromatic heterocycles. The van der Waals surface area contributed by atoms with Gasteiger partial charge < -0.3 is 9.64 Å². The van der Waals surface area contributed by atoms with Gasteiger partial charge in [-0.1, -0.05) is 22.0 Å². The molecule has 1 aromatic carbocycles. The Morgan fingerprint density at radius 2 is 2.33 bits per heavy atom. The summed E-state index contributed by atoms with van der Waals surface area (Å²) in [7, 11) is 2.13. The molecular weight excluding hydrogens is 314 g/mol. The number of alkyl halides is 1. The summed E-state index contributed by atoms with van der Waals surface area (Å²) in [6.45, 7) is 2.83. The summed E-state index contributed by atoms with van der Waals surface area (Å²) >= 11 is 9.53. The van der Waals surface area contributed by atoms with Crippen LogP contribution in [-0.4, -0.2) is 26.8 Å². The molecule has 1 aromatic rings. The third-order valence-electron chi connectivity index (χ3n) is 3.39. The second-order valence-corrected chi connectivity index (χ2v) is 6.05. The van der Waals surface area contributed by atoms with Gasteiger partial charge in [-0.3, -0.25) is 0 Å². The van der Waals surface area contributed by atoms with Crippen LogP contribution in [0.5, 0.6) is 0 Å². The zero-order valence-corrected chi connectivity index (χ0v) is 13.0. The van der Waals surface area contributed by atoms with Crippen LogP contribution in [-0.2, 0) is 10.6 Å². The van der Waals surface area contributed by atoms with Crippen LogP contribution < -0.4 is 4.90 Å². The minimum atomic E-state index is 0.550. The Labute approximate surface area is 122 Å². The molecule has 1 fully saturated rings. The molecule has 2 rings (SSSR count). The molecule has 0 amide bonds. The fraction of sp³-hybridized carbons (Fsp3) is 0.571. The molecule has 0 spiro atoms. The van der Waals surface area contributed by atoms with Gasteiger partial charge in [0.25, 0.3) is 0 Å². The predicted octanol–water partition coefficient (Wildman–Crippen LogP) is 4.05. The first-order valence-corrected chi connectivity index (χ1v) is 7.66. The van der Waals surface area contributed by atoms with Gasteiger partial charge in [0, 0.05) is 36.2 Å². The minimum absolute atomic E-state index is 0.550. The molecule has 1 aliphatic rings. The molecule has 0 radical (unpaired) electrons. The summed E-state index contributed by atoms with van der Waals surface area (Å²) in [6, 6.07) is 6.26. The maximum Gasteiger partial charge on any atom is 0.0511 e. The highest BCUT2D eigenvalue weighted by atomic mass is 79.9. The lowest BCUT2D eigenvalue weighted by Crippen LogP contribution is -2.31. The molecule has 1 saturated heterocycles. The van der Waals surface area contributed by atoms with Crippen molar-refractivity contribution < 1.29 is 4.74 Å². The molecule has 0 aliphatic carbocycles. The van der Waals surface area contributed by atoms with Gasteiger partial charge in [-0.25, -0.2) is 0 Å². The Morgan fingerprint density at radius 3 is 3.00 bits per heavy atom. The highest BCUT2D eigenvalue weighted by Gasteiger charge is 2.17. The lowest BCUT2D eigenvalue weighted by molar-refractivity contribution is 0.0576. The largest absolute Gasteiger partial charge is 0.381 e. The monoisotopic (exact) mass is 331 g/mol. The SMILES string of the molecule is CN(CC1CCCOC1)c1cc(Br)ccc1CCl. The quantitative estimate of drug-likeness (QED) is 0.771. The Kier molecular flexibility index (Phi) is 5.34. The summed E-state index contributed by atoms with van der Waals surface area (Å²) in [5.74, 6) is 1.18. The standard InChI is InChI=1S/C14H19BrClNO/c1-17(9-11-3-2-6-18-10-11)14-7-13(15)5-4-12(14)8-16/h4-5,7,11H,2-3,6,8-10H2,1H3. The summed E-state index contributed by atoms with van der Waals surface area (Å²) in [5.41, 5.74) is 2.39. The first-order valence-electron chi connectivity index (χ1n) is 6.34. The van der Waals surface area contributed by atoms with Crippen LogP contribution in [0.25, 0.3) is 0 Å². The van der Waals surface area contributed by atoms with E-state index in [1.54, 1.807) is 0 Å². The minimum Gasteiger partial charge on any atom is -0.381 e. The van der Waals surface area contributed by atoms with Crippen LogP contribution in [0.1, 0.15) is 18.4 Å². The molecule has 0 saturated carbocycles. The molecule has 1 atom stereocenters. The molecule has 0 N–H and O–H groups in total. The van der Waals surface area contributed by atoms with Crippen molar-refractivity contribution in [3.63, 3.8) is 0 Å². The van der Waals surface area contributed by atoms with Gasteiger partial charge in [0.1, 0.15) is 0 Å². The fourth-order valence-corrected chi connectivity index (χ4v) is 3.02. The van der Waals surface area contributed by atoms with Crippen molar-refractivity contribution in [1.29, 1.82) is 0 Å². The topological polar surface area (TPSA) is 12.5 Å². The molecule has 1 unspecified atom stereocenters. The first kappa shape index (κ1) is 14.2. The molecule has 1 aliphatic heterocycles. The normalized spacial score (nSPS) is 19.8. The van der Waals surface area contributed by atoms with Crippen LogP contribution in [0.15, 0.2) is 22.7 Å². The van der Waals surface area contributed by atoms with Gasteiger partial charge in [-0.15, -0.1) is 11.6 Å². The van der Waals surface area contributed by atoms with E-state index < -0.39 is 0 Å². The maximum absolute atomic E-state index is 6.00. The highest BCUT2D eigenvalue weighted by molar-refractivity contribution is 9.10.